The second kappa shape index (κ2) is 6.15. The third kappa shape index (κ3) is 3.43. The van der Waals surface area contributed by atoms with Gasteiger partial charge in [-0.25, -0.2) is 0 Å². The van der Waals surface area contributed by atoms with Gasteiger partial charge in [-0.2, -0.15) is 0 Å². The number of carbonyl (C=O) groups is 2. The molecular formula is C12H20N2O4. The van der Waals surface area contributed by atoms with Gasteiger partial charge in [0.15, 0.2) is 0 Å². The minimum atomic E-state index is -0.815. The standard InChI is InChI=1S/C12H20N2O4/c15-11(14-7-9(8-14)12(16)17)3-6-18-10-1-4-13-5-2-10/h9-10,13H,1-8H2,(H,16,17). The predicted molar refractivity (Wildman–Crippen MR) is 64.2 cm³/mol. The molecule has 18 heavy (non-hydrogen) atoms. The minimum Gasteiger partial charge on any atom is -0.481 e. The van der Waals surface area contributed by atoms with Crippen LogP contribution >= 0.6 is 0 Å². The van der Waals surface area contributed by atoms with E-state index in [9.17, 15) is 9.59 Å². The van der Waals surface area contributed by atoms with Gasteiger partial charge in [0.05, 0.1) is 25.0 Å². The zero-order valence-electron chi connectivity index (χ0n) is 10.4. The van der Waals surface area contributed by atoms with Gasteiger partial charge in [0.1, 0.15) is 0 Å². The summed E-state index contributed by atoms with van der Waals surface area (Å²) in [5.41, 5.74) is 0. The molecule has 2 aliphatic rings. The van der Waals surface area contributed by atoms with Gasteiger partial charge >= 0.3 is 5.97 Å². The van der Waals surface area contributed by atoms with Crippen molar-refractivity contribution in [2.75, 3.05) is 32.8 Å². The Morgan fingerprint density at radius 3 is 2.56 bits per heavy atom. The summed E-state index contributed by atoms with van der Waals surface area (Å²) in [5, 5.41) is 12.0. The molecule has 0 aromatic carbocycles. The van der Waals surface area contributed by atoms with E-state index in [1.54, 1.807) is 4.90 Å². The van der Waals surface area contributed by atoms with Crippen LogP contribution in [0, 0.1) is 5.92 Å². The lowest BCUT2D eigenvalue weighted by Crippen LogP contribution is -2.53. The van der Waals surface area contributed by atoms with E-state index in [2.05, 4.69) is 5.32 Å². The van der Waals surface area contributed by atoms with Gasteiger partial charge in [0.2, 0.25) is 5.91 Å². The van der Waals surface area contributed by atoms with Crippen LogP contribution in [-0.2, 0) is 14.3 Å². The number of aliphatic carboxylic acids is 1. The fraction of sp³-hybridized carbons (Fsp3) is 0.833. The van der Waals surface area contributed by atoms with E-state index in [-0.39, 0.29) is 17.9 Å². The van der Waals surface area contributed by atoms with Gasteiger partial charge in [-0.1, -0.05) is 0 Å². The highest BCUT2D eigenvalue weighted by Gasteiger charge is 2.35. The van der Waals surface area contributed by atoms with Crippen LogP contribution in [0.25, 0.3) is 0 Å². The highest BCUT2D eigenvalue weighted by atomic mass is 16.5. The molecule has 1 amide bonds. The first-order valence-electron chi connectivity index (χ1n) is 6.49. The summed E-state index contributed by atoms with van der Waals surface area (Å²) in [6, 6.07) is 0. The number of likely N-dealkylation sites (tertiary alicyclic amines) is 1. The Labute approximate surface area is 106 Å². The average molecular weight is 256 g/mol. The van der Waals surface area contributed by atoms with Crippen molar-refractivity contribution >= 4 is 11.9 Å². The number of rotatable bonds is 5. The van der Waals surface area contributed by atoms with Crippen molar-refractivity contribution in [2.45, 2.75) is 25.4 Å². The molecule has 2 rings (SSSR count). The monoisotopic (exact) mass is 256 g/mol. The molecule has 0 atom stereocenters. The van der Waals surface area contributed by atoms with E-state index < -0.39 is 5.97 Å². The molecule has 0 bridgehead atoms. The molecule has 2 aliphatic heterocycles. The highest BCUT2D eigenvalue weighted by molar-refractivity contribution is 5.80. The zero-order valence-corrected chi connectivity index (χ0v) is 10.4. The smallest absolute Gasteiger partial charge is 0.310 e. The Kier molecular flexibility index (Phi) is 4.54. The number of hydrogen-bond acceptors (Lipinski definition) is 4. The normalized spacial score (nSPS) is 21.7. The summed E-state index contributed by atoms with van der Waals surface area (Å²) in [6.07, 6.45) is 2.62. The second-order valence-electron chi connectivity index (χ2n) is 4.90. The summed E-state index contributed by atoms with van der Waals surface area (Å²) in [6.45, 7) is 3.09. The molecule has 0 aromatic heterocycles. The van der Waals surface area contributed by atoms with Crippen molar-refractivity contribution in [1.82, 2.24) is 10.2 Å². The first-order valence-corrected chi connectivity index (χ1v) is 6.49. The third-order valence-electron chi connectivity index (χ3n) is 3.54. The second-order valence-corrected chi connectivity index (χ2v) is 4.90. The third-order valence-corrected chi connectivity index (χ3v) is 3.54. The summed E-state index contributed by atoms with van der Waals surface area (Å²) in [5.74, 6) is -1.19. The molecule has 102 valence electrons. The number of amides is 1. The molecule has 2 fully saturated rings. The van der Waals surface area contributed by atoms with Crippen molar-refractivity contribution in [2.24, 2.45) is 5.92 Å². The zero-order chi connectivity index (χ0) is 13.0. The van der Waals surface area contributed by atoms with Gasteiger partial charge in [-0.05, 0) is 25.9 Å². The number of ether oxygens (including phenoxy) is 1. The minimum absolute atomic E-state index is 0.00133. The molecule has 6 heteroatoms. The number of carbonyl (C=O) groups excluding carboxylic acids is 1. The number of hydrogen-bond donors (Lipinski definition) is 2. The maximum atomic E-state index is 11.7. The Bertz CT molecular complexity index is 309. The lowest BCUT2D eigenvalue weighted by atomic mass is 10.0. The van der Waals surface area contributed by atoms with Gasteiger partial charge in [-0.3, -0.25) is 9.59 Å². The van der Waals surface area contributed by atoms with E-state index in [4.69, 9.17) is 9.84 Å². The van der Waals surface area contributed by atoms with Crippen LogP contribution < -0.4 is 5.32 Å². The molecule has 0 aliphatic carbocycles. The lowest BCUT2D eigenvalue weighted by molar-refractivity contribution is -0.153. The molecule has 2 N–H and O–H groups in total. The first-order chi connectivity index (χ1) is 8.66. The molecule has 0 saturated carbocycles. The molecule has 0 radical (unpaired) electrons. The van der Waals surface area contributed by atoms with E-state index in [0.29, 0.717) is 26.1 Å². The predicted octanol–water partition coefficient (Wildman–Crippen LogP) is -0.312. The van der Waals surface area contributed by atoms with E-state index >= 15 is 0 Å². The summed E-state index contributed by atoms with van der Waals surface area (Å²) < 4.78 is 5.64. The molecular weight excluding hydrogens is 236 g/mol. The molecule has 2 heterocycles. The van der Waals surface area contributed by atoms with Crippen LogP contribution in [0.5, 0.6) is 0 Å². The van der Waals surface area contributed by atoms with E-state index in [1.165, 1.54) is 0 Å². The van der Waals surface area contributed by atoms with Crippen LogP contribution in [0.1, 0.15) is 19.3 Å². The quantitative estimate of drug-likeness (QED) is 0.705. The van der Waals surface area contributed by atoms with Crippen molar-refractivity contribution in [3.05, 3.63) is 0 Å². The van der Waals surface area contributed by atoms with Crippen molar-refractivity contribution in [3.63, 3.8) is 0 Å². The van der Waals surface area contributed by atoms with Crippen molar-refractivity contribution < 1.29 is 19.4 Å². The molecule has 6 nitrogen and oxygen atoms in total. The SMILES string of the molecule is O=C(O)C1CN(C(=O)CCOC2CCNCC2)C1. The van der Waals surface area contributed by atoms with Crippen LogP contribution in [0.15, 0.2) is 0 Å². The number of carboxylic acid groups (broad SMARTS) is 1. The highest BCUT2D eigenvalue weighted by Crippen LogP contribution is 2.17. The first kappa shape index (κ1) is 13.3. The van der Waals surface area contributed by atoms with Crippen LogP contribution in [0.4, 0.5) is 0 Å². The molecule has 0 aromatic rings. The lowest BCUT2D eigenvalue weighted by Gasteiger charge is -2.36. The van der Waals surface area contributed by atoms with E-state index in [1.807, 2.05) is 0 Å². The average Bonchev–Trinajstić information content (AvgIpc) is 2.28. The van der Waals surface area contributed by atoms with E-state index in [0.717, 1.165) is 25.9 Å². The Balaban J connectivity index is 1.57. The number of carboxylic acids is 1. The molecule has 0 unspecified atom stereocenters. The number of nitrogens with zero attached hydrogens (tertiary/aromatic N) is 1. The topological polar surface area (TPSA) is 78.9 Å². The van der Waals surface area contributed by atoms with Gasteiger partial charge < -0.3 is 20.1 Å². The van der Waals surface area contributed by atoms with Crippen molar-refractivity contribution in [3.8, 4) is 0 Å². The van der Waals surface area contributed by atoms with Gasteiger partial charge in [0.25, 0.3) is 0 Å². The number of piperidine rings is 1. The molecule has 2 saturated heterocycles. The fourth-order valence-corrected chi connectivity index (χ4v) is 2.27. The van der Waals surface area contributed by atoms with Crippen LogP contribution in [0.3, 0.4) is 0 Å². The van der Waals surface area contributed by atoms with Gasteiger partial charge in [-0.15, -0.1) is 0 Å². The van der Waals surface area contributed by atoms with Gasteiger partial charge in [0, 0.05) is 13.1 Å². The van der Waals surface area contributed by atoms with Crippen LogP contribution in [-0.4, -0.2) is 60.8 Å². The number of nitrogens with one attached hydrogen (secondary N) is 1. The summed E-state index contributed by atoms with van der Waals surface area (Å²) >= 11 is 0. The maximum Gasteiger partial charge on any atom is 0.310 e. The Morgan fingerprint density at radius 1 is 1.28 bits per heavy atom. The van der Waals surface area contributed by atoms with Crippen molar-refractivity contribution in [1.29, 1.82) is 0 Å². The Morgan fingerprint density at radius 2 is 1.94 bits per heavy atom. The summed E-state index contributed by atoms with van der Waals surface area (Å²) in [7, 11) is 0. The maximum absolute atomic E-state index is 11.7. The fourth-order valence-electron chi connectivity index (χ4n) is 2.27. The largest absolute Gasteiger partial charge is 0.481 e. The summed E-state index contributed by atoms with van der Waals surface area (Å²) in [4.78, 5) is 23.9. The van der Waals surface area contributed by atoms with Crippen LogP contribution in [0.2, 0.25) is 0 Å². The molecule has 0 spiro atoms. The Hall–Kier alpha value is -1.14.